The fourth-order valence-corrected chi connectivity index (χ4v) is 7.16. The molecule has 1 saturated heterocycles. The molecule has 0 radical (unpaired) electrons. The molecule has 3 aromatic carbocycles. The van der Waals surface area contributed by atoms with Crippen LogP contribution in [0.2, 0.25) is 0 Å². The van der Waals surface area contributed by atoms with Crippen LogP contribution in [0.15, 0.2) is 70.6 Å². The third-order valence-electron chi connectivity index (χ3n) is 7.97. The smallest absolute Gasteiger partial charge is 0.362 e. The molecule has 0 saturated carbocycles. The summed E-state index contributed by atoms with van der Waals surface area (Å²) in [5.74, 6) is -1.23. The topological polar surface area (TPSA) is 141 Å². The Balaban J connectivity index is 1.37. The largest absolute Gasteiger partial charge is 0.446 e. The lowest BCUT2D eigenvalue weighted by atomic mass is 9.99. The highest BCUT2D eigenvalue weighted by molar-refractivity contribution is 7.81. The van der Waals surface area contributed by atoms with Crippen molar-refractivity contribution in [1.82, 2.24) is 19.7 Å². The highest BCUT2D eigenvalue weighted by Gasteiger charge is 2.35. The lowest BCUT2D eigenvalue weighted by molar-refractivity contribution is -0.120. The van der Waals surface area contributed by atoms with Crippen molar-refractivity contribution in [2.24, 2.45) is 0 Å². The van der Waals surface area contributed by atoms with Crippen LogP contribution in [-0.4, -0.2) is 38.6 Å². The van der Waals surface area contributed by atoms with Crippen molar-refractivity contribution in [3.63, 3.8) is 0 Å². The molecule has 3 aromatic heterocycles. The van der Waals surface area contributed by atoms with Crippen LogP contribution < -0.4 is 9.08 Å². The Morgan fingerprint density at radius 1 is 1.00 bits per heavy atom. The minimum Gasteiger partial charge on any atom is -0.362 e. The second-order valence-electron chi connectivity index (χ2n) is 11.0. The number of fused-ring (bicyclic) bond motifs is 1. The maximum absolute atomic E-state index is 14.4. The average molecular weight is 678 g/mol. The second-order valence-corrected chi connectivity index (χ2v) is 12.9. The summed E-state index contributed by atoms with van der Waals surface area (Å²) in [7, 11) is -4.67. The van der Waals surface area contributed by atoms with Gasteiger partial charge in [-0.3, -0.25) is 13.9 Å². The van der Waals surface area contributed by atoms with Gasteiger partial charge in [-0.15, -0.1) is 11.3 Å². The number of aryl methyl sites for hydroxylation is 2. The standard InChI is InChI=1S/C32H25F2N5O6S2/c1-17-30(18(2)44-37-17)20-8-13-27-25(14-20)35-31(28-4-3-5-29(40)38(28)21-9-12-23(33)24(34)15-21)39(27)32-36-26(16-46-32)19-6-10-22(11-7-19)45-47(41,42)43/h6-16,28H,3-5H2,1-2H3,(H,41,42,43)/t28-/m0/s1. The van der Waals surface area contributed by atoms with Crippen molar-refractivity contribution < 1.29 is 35.3 Å². The summed E-state index contributed by atoms with van der Waals surface area (Å²) >= 11 is 1.33. The zero-order valence-electron chi connectivity index (χ0n) is 24.8. The van der Waals surface area contributed by atoms with E-state index in [0.717, 1.165) is 29.0 Å². The van der Waals surface area contributed by atoms with Crippen molar-refractivity contribution in [1.29, 1.82) is 0 Å². The first kappa shape index (κ1) is 30.7. The van der Waals surface area contributed by atoms with E-state index in [1.54, 1.807) is 12.1 Å². The first-order valence-electron chi connectivity index (χ1n) is 14.4. The normalized spacial score (nSPS) is 15.5. The van der Waals surface area contributed by atoms with E-state index in [1.807, 2.05) is 42.0 Å². The Hall–Kier alpha value is -4.99. The van der Waals surface area contributed by atoms with Gasteiger partial charge < -0.3 is 13.6 Å². The van der Waals surface area contributed by atoms with E-state index in [2.05, 4.69) is 9.34 Å². The summed E-state index contributed by atoms with van der Waals surface area (Å²) in [5.41, 5.74) is 5.17. The van der Waals surface area contributed by atoms with Gasteiger partial charge in [0.05, 0.1) is 28.5 Å². The number of carbonyl (C=O) groups excluding carboxylic acids is 1. The van der Waals surface area contributed by atoms with Crippen LogP contribution in [0.25, 0.3) is 38.5 Å². The number of imidazole rings is 1. The number of aromatic nitrogens is 4. The van der Waals surface area contributed by atoms with Gasteiger partial charge in [-0.05, 0) is 80.8 Å². The zero-order valence-corrected chi connectivity index (χ0v) is 26.5. The number of carbonyl (C=O) groups is 1. The van der Waals surface area contributed by atoms with Gasteiger partial charge in [-0.25, -0.2) is 18.7 Å². The summed E-state index contributed by atoms with van der Waals surface area (Å²) in [5, 5.41) is 6.43. The lowest BCUT2D eigenvalue weighted by Crippen LogP contribution is -2.39. The van der Waals surface area contributed by atoms with Crippen molar-refractivity contribution in [3.05, 3.63) is 95.0 Å². The molecule has 7 rings (SSSR count). The van der Waals surface area contributed by atoms with E-state index >= 15 is 0 Å². The molecule has 0 bridgehead atoms. The van der Waals surface area contributed by atoms with Crippen LogP contribution in [0.4, 0.5) is 14.5 Å². The van der Waals surface area contributed by atoms with Gasteiger partial charge in [0.2, 0.25) is 5.91 Å². The quantitative estimate of drug-likeness (QED) is 0.175. The van der Waals surface area contributed by atoms with Crippen molar-refractivity contribution >= 4 is 44.4 Å². The fraction of sp³-hybridized carbons (Fsp3) is 0.188. The van der Waals surface area contributed by atoms with Crippen LogP contribution >= 0.6 is 11.3 Å². The molecule has 1 atom stereocenters. The number of benzene rings is 3. The van der Waals surface area contributed by atoms with Crippen LogP contribution in [0.3, 0.4) is 0 Å². The number of thiazole rings is 1. The highest BCUT2D eigenvalue weighted by Crippen LogP contribution is 2.40. The number of halogens is 2. The second kappa shape index (κ2) is 11.7. The van der Waals surface area contributed by atoms with E-state index in [0.29, 0.717) is 51.8 Å². The third kappa shape index (κ3) is 5.77. The van der Waals surface area contributed by atoms with Gasteiger partial charge in [0.25, 0.3) is 0 Å². The molecular weight excluding hydrogens is 653 g/mol. The zero-order chi connectivity index (χ0) is 33.0. The van der Waals surface area contributed by atoms with Crippen molar-refractivity contribution in [3.8, 4) is 33.3 Å². The molecule has 47 heavy (non-hydrogen) atoms. The molecule has 6 aromatic rings. The lowest BCUT2D eigenvalue weighted by Gasteiger charge is -2.35. The van der Waals surface area contributed by atoms with Crippen LogP contribution in [0, 0.1) is 25.5 Å². The number of piperidine rings is 1. The van der Waals surface area contributed by atoms with Crippen LogP contribution in [0.5, 0.6) is 5.75 Å². The predicted octanol–water partition coefficient (Wildman–Crippen LogP) is 7.14. The molecule has 4 heterocycles. The monoisotopic (exact) mass is 677 g/mol. The van der Waals surface area contributed by atoms with Crippen molar-refractivity contribution in [2.75, 3.05) is 4.90 Å². The fourth-order valence-electron chi connectivity index (χ4n) is 5.95. The van der Waals surface area contributed by atoms with Crippen molar-refractivity contribution in [2.45, 2.75) is 39.2 Å². The minimum absolute atomic E-state index is 0.0667. The maximum Gasteiger partial charge on any atom is 0.446 e. The molecule has 15 heteroatoms. The Morgan fingerprint density at radius 2 is 1.77 bits per heavy atom. The molecule has 0 aliphatic carbocycles. The number of rotatable bonds is 7. The van der Waals surface area contributed by atoms with E-state index in [4.69, 9.17) is 19.0 Å². The Kier molecular flexibility index (Phi) is 7.61. The summed E-state index contributed by atoms with van der Waals surface area (Å²) < 4.78 is 71.3. The van der Waals surface area contributed by atoms with Gasteiger partial charge in [0, 0.05) is 34.7 Å². The summed E-state index contributed by atoms with van der Waals surface area (Å²) in [6, 6.07) is 14.5. The van der Waals surface area contributed by atoms with Gasteiger partial charge in [0.15, 0.2) is 16.8 Å². The average Bonchev–Trinajstić information content (AvgIpc) is 3.74. The summed E-state index contributed by atoms with van der Waals surface area (Å²) in [4.78, 5) is 24.8. The number of hydrogen-bond donors (Lipinski definition) is 1. The van der Waals surface area contributed by atoms with E-state index < -0.39 is 28.1 Å². The Bertz CT molecular complexity index is 2260. The molecule has 11 nitrogen and oxygen atoms in total. The number of anilines is 1. The molecule has 1 amide bonds. The molecule has 0 unspecified atom stereocenters. The third-order valence-corrected chi connectivity index (χ3v) is 9.19. The predicted molar refractivity (Wildman–Crippen MR) is 170 cm³/mol. The minimum atomic E-state index is -4.67. The molecule has 1 aliphatic heterocycles. The first-order valence-corrected chi connectivity index (χ1v) is 16.7. The molecule has 1 aliphatic rings. The molecular formula is C32H25F2N5O6S2. The number of amides is 1. The van der Waals surface area contributed by atoms with E-state index in [1.165, 1.54) is 34.4 Å². The SMILES string of the molecule is Cc1noc(C)c1-c1ccc2c(c1)nc([C@@H]1CCCC(=O)N1c1ccc(F)c(F)c1)n2-c1nc(-c2ccc(OS(=O)(=O)O)cc2)cs1. The van der Waals surface area contributed by atoms with Gasteiger partial charge in [-0.1, -0.05) is 11.2 Å². The maximum atomic E-state index is 14.4. The number of hydrogen-bond acceptors (Lipinski definition) is 9. The molecule has 0 spiro atoms. The summed E-state index contributed by atoms with van der Waals surface area (Å²) in [6.45, 7) is 3.68. The van der Waals surface area contributed by atoms with Crippen LogP contribution in [0.1, 0.15) is 42.6 Å². The van der Waals surface area contributed by atoms with Gasteiger partial charge in [0.1, 0.15) is 17.3 Å². The molecule has 1 N–H and O–H groups in total. The molecule has 1 fully saturated rings. The Morgan fingerprint density at radius 3 is 2.47 bits per heavy atom. The van der Waals surface area contributed by atoms with Gasteiger partial charge in [-0.2, -0.15) is 8.42 Å². The van der Waals surface area contributed by atoms with Gasteiger partial charge >= 0.3 is 10.4 Å². The summed E-state index contributed by atoms with van der Waals surface area (Å²) in [6.07, 6.45) is 1.32. The number of nitrogens with zero attached hydrogens (tertiary/aromatic N) is 5. The van der Waals surface area contributed by atoms with E-state index in [-0.39, 0.29) is 23.8 Å². The Labute approximate surface area is 271 Å². The molecule has 240 valence electrons. The van der Waals surface area contributed by atoms with E-state index in [9.17, 15) is 22.0 Å². The van der Waals surface area contributed by atoms with Crippen LogP contribution in [-0.2, 0) is 15.2 Å². The highest BCUT2D eigenvalue weighted by atomic mass is 32.3. The first-order chi connectivity index (χ1) is 22.5.